The fourth-order valence-corrected chi connectivity index (χ4v) is 1.59. The van der Waals surface area contributed by atoms with Crippen molar-refractivity contribution in [2.45, 2.75) is 0 Å². The van der Waals surface area contributed by atoms with Crippen molar-refractivity contribution in [2.75, 3.05) is 0 Å². The van der Waals surface area contributed by atoms with E-state index in [2.05, 4.69) is 0 Å². The van der Waals surface area contributed by atoms with Crippen molar-refractivity contribution in [1.82, 2.24) is 5.09 Å². The minimum Gasteiger partial charge on any atom is -0.308 e. The van der Waals surface area contributed by atoms with Crippen LogP contribution in [-0.4, -0.2) is 20.6 Å². The summed E-state index contributed by atoms with van der Waals surface area (Å²) in [6.07, 6.45) is 0. The number of amides is 1. The van der Waals surface area contributed by atoms with Gasteiger partial charge in [0, 0.05) is 11.1 Å². The molecule has 0 aliphatic rings. The van der Waals surface area contributed by atoms with Gasteiger partial charge in [0.15, 0.2) is 0 Å². The van der Waals surface area contributed by atoms with Crippen LogP contribution in [0.25, 0.3) is 0 Å². The van der Waals surface area contributed by atoms with Crippen molar-refractivity contribution >= 4 is 55.8 Å². The highest BCUT2D eigenvalue weighted by molar-refractivity contribution is 7.50. The van der Waals surface area contributed by atoms with E-state index in [4.69, 9.17) is 21.4 Å². The van der Waals surface area contributed by atoms with E-state index in [1.807, 2.05) is 0 Å². The molecule has 1 aromatic rings. The topological polar surface area (TPSA) is 130 Å². The van der Waals surface area contributed by atoms with Crippen LogP contribution in [0.2, 0.25) is 5.02 Å². The van der Waals surface area contributed by atoms with Gasteiger partial charge < -0.3 is 9.79 Å². The van der Waals surface area contributed by atoms with Crippen molar-refractivity contribution in [1.29, 1.82) is 0 Å². The van der Waals surface area contributed by atoms with Crippen molar-refractivity contribution in [2.24, 2.45) is 0 Å². The van der Waals surface area contributed by atoms with Crippen LogP contribution in [0.5, 0.6) is 0 Å². The molecule has 0 unspecified atom stereocenters. The summed E-state index contributed by atoms with van der Waals surface area (Å²) in [6.45, 7) is 0. The van der Waals surface area contributed by atoms with Crippen LogP contribution < -0.4 is 5.09 Å². The van der Waals surface area contributed by atoms with Gasteiger partial charge in [-0.3, -0.25) is 20.0 Å². The van der Waals surface area contributed by atoms with E-state index in [1.54, 1.807) is 0 Å². The number of nitrogens with one attached hydrogen (secondary N) is 1. The fraction of sp³-hybridized carbons (Fsp3) is 0. The molecular weight excluding hydrogens is 345 g/mol. The maximum Gasteiger partial charge on any atom is 0.430 e. The molecule has 0 spiro atoms. The third kappa shape index (κ3) is 6.20. The van der Waals surface area contributed by atoms with Crippen LogP contribution in [0.1, 0.15) is 10.4 Å². The lowest BCUT2D eigenvalue weighted by Gasteiger charge is -2.06. The third-order valence-corrected chi connectivity index (χ3v) is 2.38. The van der Waals surface area contributed by atoms with Crippen molar-refractivity contribution in [3.63, 3.8) is 0 Å². The number of nitrogens with zero attached hydrogens (tertiary/aromatic N) is 1. The summed E-state index contributed by atoms with van der Waals surface area (Å²) in [5, 5.41) is 12.0. The highest BCUT2D eigenvalue weighted by Gasteiger charge is 2.25. The number of hydrogen-bond acceptors (Lipinski definition) is 4. The molecule has 0 saturated heterocycles. The lowest BCUT2D eigenvalue weighted by Crippen LogP contribution is -2.21. The van der Waals surface area contributed by atoms with Gasteiger partial charge in [0.2, 0.25) is 0 Å². The van der Waals surface area contributed by atoms with E-state index in [0.29, 0.717) is 0 Å². The predicted octanol–water partition coefficient (Wildman–Crippen LogP) is 1.91. The summed E-state index contributed by atoms with van der Waals surface area (Å²) in [4.78, 5) is 38.1. The van der Waals surface area contributed by atoms with E-state index in [0.717, 1.165) is 12.1 Å². The Morgan fingerprint density at radius 3 is 2.32 bits per heavy atom. The van der Waals surface area contributed by atoms with Crippen molar-refractivity contribution < 1.29 is 24.1 Å². The zero-order chi connectivity index (χ0) is 13.2. The number of carbonyl (C=O) groups is 1. The Balaban J connectivity index is 0. The van der Waals surface area contributed by atoms with Gasteiger partial charge in [-0.2, -0.15) is 0 Å². The fourth-order valence-electron chi connectivity index (χ4n) is 1.04. The molecular formula is C7H8Cl3N2O6P. The average Bonchev–Trinajstić information content (AvgIpc) is 2.14. The molecule has 19 heavy (non-hydrogen) atoms. The molecule has 8 nitrogen and oxygen atoms in total. The average molecular weight is 353 g/mol. The molecule has 0 aromatic heterocycles. The molecule has 3 N–H and O–H groups in total. The van der Waals surface area contributed by atoms with Crippen LogP contribution in [0.4, 0.5) is 5.69 Å². The summed E-state index contributed by atoms with van der Waals surface area (Å²) in [5.41, 5.74) is -1.12. The SMILES string of the molecule is Cl.Cl.O=C(NP(=O)(O)O)c1ccc(Cl)cc1[N+](=O)[O-]. The van der Waals surface area contributed by atoms with Crippen LogP contribution in [0.15, 0.2) is 18.2 Å². The van der Waals surface area contributed by atoms with E-state index >= 15 is 0 Å². The summed E-state index contributed by atoms with van der Waals surface area (Å²) in [6, 6.07) is 3.12. The summed E-state index contributed by atoms with van der Waals surface area (Å²) in [5.74, 6) is -1.25. The molecule has 108 valence electrons. The van der Waals surface area contributed by atoms with Crippen molar-refractivity contribution in [3.8, 4) is 0 Å². The van der Waals surface area contributed by atoms with Crippen LogP contribution in [-0.2, 0) is 4.57 Å². The van der Waals surface area contributed by atoms with Gasteiger partial charge in [0.1, 0.15) is 5.56 Å². The van der Waals surface area contributed by atoms with Gasteiger partial charge in [0.25, 0.3) is 11.6 Å². The monoisotopic (exact) mass is 352 g/mol. The van der Waals surface area contributed by atoms with Gasteiger partial charge in [-0.05, 0) is 12.1 Å². The second kappa shape index (κ2) is 7.64. The second-order valence-electron chi connectivity index (χ2n) is 2.90. The molecule has 0 bridgehead atoms. The maximum absolute atomic E-state index is 11.3. The first-order chi connectivity index (χ1) is 7.70. The smallest absolute Gasteiger partial charge is 0.308 e. The molecule has 0 aliphatic carbocycles. The Labute approximate surface area is 124 Å². The minimum atomic E-state index is -4.80. The van der Waals surface area contributed by atoms with Gasteiger partial charge in [0.05, 0.1) is 4.92 Å². The molecule has 0 heterocycles. The quantitative estimate of drug-likeness (QED) is 0.432. The highest BCUT2D eigenvalue weighted by atomic mass is 35.5. The molecule has 0 radical (unpaired) electrons. The lowest BCUT2D eigenvalue weighted by atomic mass is 10.2. The molecule has 1 amide bonds. The molecule has 0 fully saturated rings. The predicted molar refractivity (Wildman–Crippen MR) is 72.1 cm³/mol. The largest absolute Gasteiger partial charge is 0.430 e. The lowest BCUT2D eigenvalue weighted by molar-refractivity contribution is -0.385. The van der Waals surface area contributed by atoms with Crippen LogP contribution in [0.3, 0.4) is 0 Å². The van der Waals surface area contributed by atoms with E-state index in [9.17, 15) is 19.5 Å². The van der Waals surface area contributed by atoms with E-state index in [-0.39, 0.29) is 29.8 Å². The summed E-state index contributed by atoms with van der Waals surface area (Å²) < 4.78 is 10.5. The maximum atomic E-state index is 11.3. The third-order valence-electron chi connectivity index (χ3n) is 1.65. The number of nitro groups is 1. The number of hydrogen-bond donors (Lipinski definition) is 3. The summed E-state index contributed by atoms with van der Waals surface area (Å²) in [7, 11) is -4.80. The molecule has 0 saturated carbocycles. The van der Waals surface area contributed by atoms with Crippen molar-refractivity contribution in [3.05, 3.63) is 38.9 Å². The van der Waals surface area contributed by atoms with Gasteiger partial charge in [-0.25, -0.2) is 4.57 Å². The number of rotatable bonds is 3. The first-order valence-electron chi connectivity index (χ1n) is 4.03. The Morgan fingerprint density at radius 2 is 1.89 bits per heavy atom. The van der Waals surface area contributed by atoms with Crippen LogP contribution >= 0.6 is 44.2 Å². The Morgan fingerprint density at radius 1 is 1.37 bits per heavy atom. The van der Waals surface area contributed by atoms with Gasteiger partial charge >= 0.3 is 7.75 Å². The first kappa shape index (κ1) is 20.4. The normalized spacial score (nSPS) is 9.84. The zero-order valence-corrected chi connectivity index (χ0v) is 12.1. The summed E-state index contributed by atoms with van der Waals surface area (Å²) >= 11 is 5.51. The Bertz CT molecular complexity index is 534. The standard InChI is InChI=1S/C7H6ClN2O6P.2ClH/c8-4-1-2-5(6(3-4)10(12)13)7(11)9-17(14,15)16;;/h1-3H,(H3,9,11,14,15,16);2*1H. The number of carbonyl (C=O) groups excluding carboxylic acids is 1. The van der Waals surface area contributed by atoms with Crippen LogP contribution in [0, 0.1) is 10.1 Å². The number of halogens is 3. The van der Waals surface area contributed by atoms with E-state index < -0.39 is 29.8 Å². The molecule has 1 aromatic carbocycles. The molecule has 1 rings (SSSR count). The van der Waals surface area contributed by atoms with E-state index in [1.165, 1.54) is 11.2 Å². The van der Waals surface area contributed by atoms with Gasteiger partial charge in [-0.15, -0.1) is 24.8 Å². The Kier molecular flexibility index (Phi) is 8.21. The molecule has 12 heteroatoms. The number of benzene rings is 1. The van der Waals surface area contributed by atoms with Gasteiger partial charge in [-0.1, -0.05) is 11.6 Å². The second-order valence-corrected chi connectivity index (χ2v) is 4.65. The minimum absolute atomic E-state index is 0. The molecule has 0 aliphatic heterocycles. The highest BCUT2D eigenvalue weighted by Crippen LogP contribution is 2.30. The number of nitro benzene ring substituents is 1. The zero-order valence-electron chi connectivity index (χ0n) is 8.85. The molecule has 0 atom stereocenters. The Hall–Kier alpha value is -0.890. The first-order valence-corrected chi connectivity index (χ1v) is 6.02.